The van der Waals surface area contributed by atoms with E-state index in [-0.39, 0.29) is 23.8 Å². The lowest BCUT2D eigenvalue weighted by Gasteiger charge is -2.37. The van der Waals surface area contributed by atoms with Crippen LogP contribution in [0.5, 0.6) is 17.2 Å². The highest BCUT2D eigenvalue weighted by Gasteiger charge is 2.37. The molecule has 6 heteroatoms. The zero-order valence-electron chi connectivity index (χ0n) is 16.9. The lowest BCUT2D eigenvalue weighted by molar-refractivity contribution is 0.111. The van der Waals surface area contributed by atoms with E-state index < -0.39 is 5.82 Å². The highest BCUT2D eigenvalue weighted by atomic mass is 19.1. The van der Waals surface area contributed by atoms with Crippen LogP contribution in [-0.4, -0.2) is 43.8 Å². The maximum atomic E-state index is 14.4. The quantitative estimate of drug-likeness (QED) is 0.823. The van der Waals surface area contributed by atoms with Gasteiger partial charge in [-0.1, -0.05) is 0 Å². The van der Waals surface area contributed by atoms with Gasteiger partial charge in [-0.15, -0.1) is 0 Å². The Bertz CT molecular complexity index is 943. The van der Waals surface area contributed by atoms with Crippen molar-refractivity contribution in [3.8, 4) is 17.2 Å². The van der Waals surface area contributed by atoms with E-state index in [0.29, 0.717) is 30.1 Å². The number of methoxy groups -OCH3 is 2. The van der Waals surface area contributed by atoms with Crippen molar-refractivity contribution >= 4 is 5.71 Å². The minimum atomic E-state index is -0.423. The predicted molar refractivity (Wildman–Crippen MR) is 109 cm³/mol. The largest absolute Gasteiger partial charge is 0.494 e. The van der Waals surface area contributed by atoms with Crippen LogP contribution in [0.25, 0.3) is 0 Å². The molecule has 1 N–H and O–H groups in total. The predicted octanol–water partition coefficient (Wildman–Crippen LogP) is 4.09. The summed E-state index contributed by atoms with van der Waals surface area (Å²) in [7, 11) is 3.05. The normalized spacial score (nSPS) is 22.9. The van der Waals surface area contributed by atoms with Gasteiger partial charge in [-0.3, -0.25) is 4.99 Å². The molecule has 3 unspecified atom stereocenters. The zero-order valence-corrected chi connectivity index (χ0v) is 16.9. The van der Waals surface area contributed by atoms with Gasteiger partial charge in [0, 0.05) is 17.0 Å². The Kier molecular flexibility index (Phi) is 5.46. The van der Waals surface area contributed by atoms with E-state index in [0.717, 1.165) is 29.7 Å². The topological polar surface area (TPSA) is 60.3 Å². The first kappa shape index (κ1) is 19.7. The minimum absolute atomic E-state index is 0.0499. The number of hydrogen-bond donors (Lipinski definition) is 1. The highest BCUT2D eigenvalue weighted by molar-refractivity contribution is 6.15. The molecule has 29 heavy (non-hydrogen) atoms. The summed E-state index contributed by atoms with van der Waals surface area (Å²) in [6.45, 7) is 2.45. The van der Waals surface area contributed by atoms with Crippen LogP contribution in [-0.2, 0) is 0 Å². The van der Waals surface area contributed by atoms with Crippen molar-refractivity contribution in [2.75, 3.05) is 20.8 Å². The highest BCUT2D eigenvalue weighted by Crippen LogP contribution is 2.45. The second-order valence-corrected chi connectivity index (χ2v) is 7.49. The smallest absolute Gasteiger partial charge is 0.165 e. The van der Waals surface area contributed by atoms with Gasteiger partial charge in [0.05, 0.1) is 38.7 Å². The molecule has 0 amide bonds. The maximum absolute atomic E-state index is 14.4. The fourth-order valence-electron chi connectivity index (χ4n) is 4.42. The second-order valence-electron chi connectivity index (χ2n) is 7.49. The van der Waals surface area contributed by atoms with Gasteiger partial charge in [0.2, 0.25) is 0 Å². The number of ether oxygens (including phenoxy) is 3. The summed E-state index contributed by atoms with van der Waals surface area (Å²) < 4.78 is 30.8. The number of rotatable bonds is 5. The number of aliphatic imine (C=N–C) groups is 1. The van der Waals surface area contributed by atoms with Crippen LogP contribution < -0.4 is 14.2 Å². The molecule has 2 aromatic carbocycles. The number of benzene rings is 2. The standard InChI is InChI=1S/C23H26FNO4/c1-4-29-22-11-15-16-10-14(26)6-7-19(16)25-23(17(15)12-21(22)28-3)13-5-8-20(27-2)18(24)9-13/h5,8-9,11-12,14,16,19,26H,4,6-7,10H2,1-3H3. The third kappa shape index (κ3) is 3.57. The van der Waals surface area contributed by atoms with Gasteiger partial charge in [0.15, 0.2) is 23.1 Å². The van der Waals surface area contributed by atoms with Gasteiger partial charge in [0.25, 0.3) is 0 Å². The van der Waals surface area contributed by atoms with Crippen LogP contribution in [0.15, 0.2) is 35.3 Å². The summed E-state index contributed by atoms with van der Waals surface area (Å²) >= 11 is 0. The molecule has 0 saturated heterocycles. The van der Waals surface area contributed by atoms with Crippen LogP contribution in [0.2, 0.25) is 0 Å². The number of aliphatic hydroxyl groups excluding tert-OH is 1. The number of nitrogens with zero attached hydrogens (tertiary/aromatic N) is 1. The third-order valence-corrected chi connectivity index (χ3v) is 5.80. The summed E-state index contributed by atoms with van der Waals surface area (Å²) in [5.74, 6) is 1.17. The Balaban J connectivity index is 1.88. The molecule has 4 rings (SSSR count). The van der Waals surface area contributed by atoms with Gasteiger partial charge in [0.1, 0.15) is 0 Å². The number of fused-ring (bicyclic) bond motifs is 3. The fraction of sp³-hybridized carbons (Fsp3) is 0.435. The van der Waals surface area contributed by atoms with Crippen LogP contribution in [0.3, 0.4) is 0 Å². The molecule has 154 valence electrons. The van der Waals surface area contributed by atoms with Gasteiger partial charge in [-0.05, 0) is 62.1 Å². The molecule has 1 aliphatic heterocycles. The van der Waals surface area contributed by atoms with Gasteiger partial charge in [-0.25, -0.2) is 4.39 Å². The molecule has 0 bridgehead atoms. The number of aliphatic hydroxyl groups is 1. The van der Waals surface area contributed by atoms with Gasteiger partial charge in [-0.2, -0.15) is 0 Å². The van der Waals surface area contributed by atoms with Crippen molar-refractivity contribution in [1.29, 1.82) is 0 Å². The molecule has 5 nitrogen and oxygen atoms in total. The molecule has 1 aliphatic carbocycles. The van der Waals surface area contributed by atoms with Crippen molar-refractivity contribution in [3.63, 3.8) is 0 Å². The van der Waals surface area contributed by atoms with E-state index in [2.05, 4.69) is 0 Å². The fourth-order valence-corrected chi connectivity index (χ4v) is 4.42. The molecule has 1 fully saturated rings. The van der Waals surface area contributed by atoms with E-state index in [4.69, 9.17) is 19.2 Å². The summed E-state index contributed by atoms with van der Waals surface area (Å²) in [6.07, 6.45) is 1.84. The molecule has 1 saturated carbocycles. The minimum Gasteiger partial charge on any atom is -0.494 e. The molecule has 0 aromatic heterocycles. The van der Waals surface area contributed by atoms with Gasteiger partial charge < -0.3 is 19.3 Å². The Labute approximate surface area is 170 Å². The van der Waals surface area contributed by atoms with Crippen molar-refractivity contribution < 1.29 is 23.7 Å². The number of hydrogen-bond acceptors (Lipinski definition) is 5. The van der Waals surface area contributed by atoms with E-state index in [1.807, 2.05) is 25.1 Å². The Morgan fingerprint density at radius 1 is 1.07 bits per heavy atom. The monoisotopic (exact) mass is 399 g/mol. The lowest BCUT2D eigenvalue weighted by Crippen LogP contribution is -2.34. The van der Waals surface area contributed by atoms with E-state index in [1.54, 1.807) is 13.2 Å². The first-order valence-corrected chi connectivity index (χ1v) is 10.0. The van der Waals surface area contributed by atoms with E-state index in [1.165, 1.54) is 13.2 Å². The average Bonchev–Trinajstić information content (AvgIpc) is 2.73. The lowest BCUT2D eigenvalue weighted by atomic mass is 9.74. The number of halogens is 1. The third-order valence-electron chi connectivity index (χ3n) is 5.80. The SMILES string of the molecule is CCOc1cc2c(cc1OC)C(c1ccc(OC)c(F)c1)=NC1CCC(O)CC21. The molecular formula is C23H26FNO4. The molecule has 3 atom stereocenters. The average molecular weight is 399 g/mol. The first-order chi connectivity index (χ1) is 14.0. The van der Waals surface area contributed by atoms with Crippen LogP contribution in [0, 0.1) is 5.82 Å². The van der Waals surface area contributed by atoms with Crippen molar-refractivity contribution in [1.82, 2.24) is 0 Å². The Hall–Kier alpha value is -2.60. The van der Waals surface area contributed by atoms with Crippen LogP contribution >= 0.6 is 0 Å². The van der Waals surface area contributed by atoms with E-state index >= 15 is 0 Å². The van der Waals surface area contributed by atoms with Crippen molar-refractivity contribution in [2.45, 2.75) is 44.2 Å². The van der Waals surface area contributed by atoms with Crippen molar-refractivity contribution in [2.24, 2.45) is 4.99 Å². The summed E-state index contributed by atoms with van der Waals surface area (Å²) in [5, 5.41) is 10.3. The molecule has 0 spiro atoms. The molecular weight excluding hydrogens is 373 g/mol. The summed E-state index contributed by atoms with van der Waals surface area (Å²) in [6, 6.07) is 8.87. The Morgan fingerprint density at radius 2 is 1.86 bits per heavy atom. The summed E-state index contributed by atoms with van der Waals surface area (Å²) in [5.41, 5.74) is 3.39. The zero-order chi connectivity index (χ0) is 20.5. The van der Waals surface area contributed by atoms with Crippen molar-refractivity contribution in [3.05, 3.63) is 52.8 Å². The second kappa shape index (κ2) is 8.03. The first-order valence-electron chi connectivity index (χ1n) is 10.0. The molecule has 1 heterocycles. The summed E-state index contributed by atoms with van der Waals surface area (Å²) in [4.78, 5) is 5.00. The molecule has 2 aliphatic rings. The Morgan fingerprint density at radius 3 is 2.55 bits per heavy atom. The molecule has 0 radical (unpaired) electrons. The van der Waals surface area contributed by atoms with E-state index in [9.17, 15) is 9.50 Å². The maximum Gasteiger partial charge on any atom is 0.165 e. The molecule has 2 aromatic rings. The van der Waals surface area contributed by atoms with Crippen LogP contribution in [0.1, 0.15) is 48.8 Å². The van der Waals surface area contributed by atoms with Crippen LogP contribution in [0.4, 0.5) is 4.39 Å². The van der Waals surface area contributed by atoms with Gasteiger partial charge >= 0.3 is 0 Å².